The average Bonchev–Trinajstić information content (AvgIpc) is 2.95. The number of methoxy groups -OCH3 is 1. The summed E-state index contributed by atoms with van der Waals surface area (Å²) in [6.07, 6.45) is 1.67. The normalized spacial score (nSPS) is 11.0. The molecule has 6 heteroatoms. The lowest BCUT2D eigenvalue weighted by Crippen LogP contribution is -2.07. The monoisotopic (exact) mass is 379 g/mol. The van der Waals surface area contributed by atoms with E-state index in [2.05, 4.69) is 15.9 Å². The smallest absolute Gasteiger partial charge is 0.340 e. The van der Waals surface area contributed by atoms with Crippen molar-refractivity contribution < 1.29 is 18.3 Å². The van der Waals surface area contributed by atoms with Gasteiger partial charge < -0.3 is 9.30 Å². The van der Waals surface area contributed by atoms with Gasteiger partial charge in [0.05, 0.1) is 22.7 Å². The highest BCUT2D eigenvalue weighted by atomic mass is 79.9. The Hall–Kier alpha value is -2.21. The quantitative estimate of drug-likeness (QED) is 0.626. The van der Waals surface area contributed by atoms with Crippen LogP contribution in [-0.2, 0) is 11.3 Å². The second-order valence-electron chi connectivity index (χ2n) is 5.04. The molecule has 1 aromatic heterocycles. The third-order valence-corrected chi connectivity index (χ3v) is 4.26. The first kappa shape index (κ1) is 15.7. The van der Waals surface area contributed by atoms with Crippen LogP contribution in [0.1, 0.15) is 15.9 Å². The first-order valence-electron chi connectivity index (χ1n) is 6.81. The molecule has 3 nitrogen and oxygen atoms in total. The Morgan fingerprint density at radius 1 is 1.17 bits per heavy atom. The summed E-state index contributed by atoms with van der Waals surface area (Å²) < 4.78 is 34.5. The summed E-state index contributed by atoms with van der Waals surface area (Å²) in [6.45, 7) is 0.307. The number of nitrogens with zero attached hydrogens (tertiary/aromatic N) is 1. The lowest BCUT2D eigenvalue weighted by atomic mass is 10.1. The Balaban J connectivity index is 2.12. The fourth-order valence-electron chi connectivity index (χ4n) is 2.53. The van der Waals surface area contributed by atoms with E-state index in [9.17, 15) is 13.6 Å². The fourth-order valence-corrected chi connectivity index (χ4v) is 2.78. The van der Waals surface area contributed by atoms with Crippen molar-refractivity contribution in [3.63, 3.8) is 0 Å². The van der Waals surface area contributed by atoms with Crippen molar-refractivity contribution in [3.8, 4) is 0 Å². The molecule has 0 saturated heterocycles. The molecular formula is C17H12BrF2NO2. The number of rotatable bonds is 3. The van der Waals surface area contributed by atoms with Gasteiger partial charge in [0.2, 0.25) is 0 Å². The maximum Gasteiger partial charge on any atom is 0.340 e. The third kappa shape index (κ3) is 2.86. The highest BCUT2D eigenvalue weighted by Crippen LogP contribution is 2.25. The van der Waals surface area contributed by atoms with Gasteiger partial charge in [0, 0.05) is 18.1 Å². The summed E-state index contributed by atoms with van der Waals surface area (Å²) in [6, 6.07) is 8.98. The average molecular weight is 380 g/mol. The van der Waals surface area contributed by atoms with Gasteiger partial charge in [-0.05, 0) is 51.8 Å². The van der Waals surface area contributed by atoms with Crippen molar-refractivity contribution >= 4 is 32.8 Å². The minimum Gasteiger partial charge on any atom is -0.465 e. The Bertz CT molecular complexity index is 905. The van der Waals surface area contributed by atoms with Gasteiger partial charge in [0.1, 0.15) is 11.6 Å². The maximum atomic E-state index is 14.0. The molecule has 0 spiro atoms. The zero-order valence-corrected chi connectivity index (χ0v) is 13.7. The highest BCUT2D eigenvalue weighted by Gasteiger charge is 2.17. The van der Waals surface area contributed by atoms with E-state index < -0.39 is 11.8 Å². The summed E-state index contributed by atoms with van der Waals surface area (Å²) in [4.78, 5) is 11.9. The number of hydrogen-bond acceptors (Lipinski definition) is 2. The van der Waals surface area contributed by atoms with Crippen LogP contribution in [0.15, 0.2) is 47.1 Å². The molecule has 0 saturated carbocycles. The van der Waals surface area contributed by atoms with E-state index in [0.29, 0.717) is 27.5 Å². The van der Waals surface area contributed by atoms with Gasteiger partial charge in [0.15, 0.2) is 0 Å². The van der Waals surface area contributed by atoms with Crippen molar-refractivity contribution in [1.82, 2.24) is 4.57 Å². The number of esters is 1. The summed E-state index contributed by atoms with van der Waals surface area (Å²) in [5.74, 6) is -1.34. The number of ether oxygens (including phenoxy) is 1. The van der Waals surface area contributed by atoms with Gasteiger partial charge in [-0.25, -0.2) is 13.6 Å². The maximum absolute atomic E-state index is 14.0. The number of carbonyl (C=O) groups is 1. The van der Waals surface area contributed by atoms with Gasteiger partial charge in [0.25, 0.3) is 0 Å². The number of benzene rings is 2. The lowest BCUT2D eigenvalue weighted by Gasteiger charge is -2.10. The van der Waals surface area contributed by atoms with Crippen LogP contribution in [0, 0.1) is 11.6 Å². The number of hydrogen-bond donors (Lipinski definition) is 0. The molecule has 0 aliphatic carbocycles. The zero-order valence-electron chi connectivity index (χ0n) is 12.1. The molecule has 23 heavy (non-hydrogen) atoms. The predicted molar refractivity (Wildman–Crippen MR) is 86.4 cm³/mol. The summed E-state index contributed by atoms with van der Waals surface area (Å²) in [7, 11) is 1.27. The predicted octanol–water partition coefficient (Wildman–Crippen LogP) is 4.52. The first-order chi connectivity index (χ1) is 11.0. The van der Waals surface area contributed by atoms with Gasteiger partial charge in [-0.1, -0.05) is 6.07 Å². The zero-order chi connectivity index (χ0) is 16.6. The van der Waals surface area contributed by atoms with Crippen LogP contribution in [0.3, 0.4) is 0 Å². The number of carbonyl (C=O) groups excluding carboxylic acids is 1. The van der Waals surface area contributed by atoms with E-state index in [1.807, 2.05) is 0 Å². The SMILES string of the molecule is COC(=O)c1ccc(F)c2ccn(Cc3ccc(Br)c(F)c3)c12. The minimum absolute atomic E-state index is 0.270. The molecular weight excluding hydrogens is 368 g/mol. The molecule has 0 radical (unpaired) electrons. The number of fused-ring (bicyclic) bond motifs is 1. The van der Waals surface area contributed by atoms with Crippen molar-refractivity contribution in [2.24, 2.45) is 0 Å². The van der Waals surface area contributed by atoms with Crippen LogP contribution in [0.4, 0.5) is 8.78 Å². The van der Waals surface area contributed by atoms with Crippen LogP contribution in [0.2, 0.25) is 0 Å². The molecule has 3 rings (SSSR count). The lowest BCUT2D eigenvalue weighted by molar-refractivity contribution is 0.0602. The van der Waals surface area contributed by atoms with Crippen molar-refractivity contribution in [2.75, 3.05) is 7.11 Å². The Labute approximate surface area is 139 Å². The van der Waals surface area contributed by atoms with E-state index in [-0.39, 0.29) is 11.4 Å². The van der Waals surface area contributed by atoms with Crippen LogP contribution in [-0.4, -0.2) is 17.6 Å². The molecule has 0 amide bonds. The molecule has 0 fully saturated rings. The van der Waals surface area contributed by atoms with Crippen LogP contribution in [0.25, 0.3) is 10.9 Å². The first-order valence-corrected chi connectivity index (χ1v) is 7.60. The molecule has 0 N–H and O–H groups in total. The molecule has 0 bridgehead atoms. The van der Waals surface area contributed by atoms with E-state index in [1.54, 1.807) is 29.0 Å². The van der Waals surface area contributed by atoms with E-state index in [4.69, 9.17) is 4.74 Å². The number of halogens is 3. The summed E-state index contributed by atoms with van der Waals surface area (Å²) in [5, 5.41) is 0.325. The topological polar surface area (TPSA) is 31.2 Å². The highest BCUT2D eigenvalue weighted by molar-refractivity contribution is 9.10. The minimum atomic E-state index is -0.545. The van der Waals surface area contributed by atoms with Gasteiger partial charge in [-0.2, -0.15) is 0 Å². The Morgan fingerprint density at radius 2 is 1.96 bits per heavy atom. The third-order valence-electron chi connectivity index (χ3n) is 3.61. The molecule has 0 aliphatic rings. The van der Waals surface area contributed by atoms with Crippen LogP contribution in [0.5, 0.6) is 0 Å². The molecule has 1 heterocycles. The van der Waals surface area contributed by atoms with E-state index in [0.717, 1.165) is 0 Å². The standard InChI is InChI=1S/C17H12BrF2NO2/c1-23-17(22)12-3-5-14(19)11-6-7-21(16(11)12)9-10-2-4-13(18)15(20)8-10/h2-8H,9H2,1H3. The summed E-state index contributed by atoms with van der Waals surface area (Å²) in [5.41, 5.74) is 1.40. The van der Waals surface area contributed by atoms with Crippen molar-refractivity contribution in [1.29, 1.82) is 0 Å². The van der Waals surface area contributed by atoms with Crippen LogP contribution >= 0.6 is 15.9 Å². The molecule has 0 atom stereocenters. The number of aromatic nitrogens is 1. The Morgan fingerprint density at radius 3 is 2.65 bits per heavy atom. The van der Waals surface area contributed by atoms with E-state index >= 15 is 0 Å². The van der Waals surface area contributed by atoms with E-state index in [1.165, 1.54) is 25.3 Å². The largest absolute Gasteiger partial charge is 0.465 e. The Kier molecular flexibility index (Phi) is 4.17. The molecule has 2 aromatic carbocycles. The molecule has 0 aliphatic heterocycles. The van der Waals surface area contributed by atoms with Crippen molar-refractivity contribution in [3.05, 3.63) is 69.8 Å². The fraction of sp³-hybridized carbons (Fsp3) is 0.118. The molecule has 3 aromatic rings. The van der Waals surface area contributed by atoms with Gasteiger partial charge in [-0.15, -0.1) is 0 Å². The van der Waals surface area contributed by atoms with Gasteiger partial charge >= 0.3 is 5.97 Å². The van der Waals surface area contributed by atoms with Crippen LogP contribution < -0.4 is 0 Å². The molecule has 118 valence electrons. The summed E-state index contributed by atoms with van der Waals surface area (Å²) >= 11 is 3.10. The molecule has 0 unspecified atom stereocenters. The van der Waals surface area contributed by atoms with Gasteiger partial charge in [-0.3, -0.25) is 0 Å². The second kappa shape index (κ2) is 6.12. The van der Waals surface area contributed by atoms with Crippen molar-refractivity contribution in [2.45, 2.75) is 6.54 Å². The second-order valence-corrected chi connectivity index (χ2v) is 5.90.